The van der Waals surface area contributed by atoms with Crippen molar-refractivity contribution in [1.82, 2.24) is 4.98 Å². The van der Waals surface area contributed by atoms with Gasteiger partial charge in [0.15, 0.2) is 5.58 Å². The van der Waals surface area contributed by atoms with E-state index in [2.05, 4.69) is 10.3 Å². The molecule has 4 rings (SSSR count). The number of phenolic OH excluding ortho intramolecular Hbond substituents is 1. The molecule has 1 aromatic heterocycles. The Hall–Kier alpha value is -3.80. The van der Waals surface area contributed by atoms with Gasteiger partial charge in [-0.3, -0.25) is 4.79 Å². The van der Waals surface area contributed by atoms with E-state index in [1.54, 1.807) is 50.4 Å². The molecule has 2 N–H and O–H groups in total. The number of amides is 1. The minimum Gasteiger partial charge on any atom is -0.507 e. The van der Waals surface area contributed by atoms with Gasteiger partial charge in [-0.05, 0) is 61.0 Å². The summed E-state index contributed by atoms with van der Waals surface area (Å²) in [4.78, 5) is 17.0. The molecule has 140 valence electrons. The summed E-state index contributed by atoms with van der Waals surface area (Å²) < 4.78 is 10.9. The second-order valence-corrected chi connectivity index (χ2v) is 6.36. The number of nitrogens with one attached hydrogen (secondary N) is 1. The predicted molar refractivity (Wildman–Crippen MR) is 107 cm³/mol. The highest BCUT2D eigenvalue weighted by molar-refractivity contribution is 6.04. The van der Waals surface area contributed by atoms with Crippen molar-refractivity contribution in [2.45, 2.75) is 6.92 Å². The first kappa shape index (κ1) is 17.6. The third-order valence-corrected chi connectivity index (χ3v) is 4.43. The lowest BCUT2D eigenvalue weighted by Crippen LogP contribution is -2.12. The van der Waals surface area contributed by atoms with Crippen LogP contribution in [0, 0.1) is 6.92 Å². The van der Waals surface area contributed by atoms with Gasteiger partial charge in [-0.15, -0.1) is 0 Å². The molecule has 0 saturated heterocycles. The molecular weight excluding hydrogens is 356 g/mol. The van der Waals surface area contributed by atoms with Crippen molar-refractivity contribution >= 4 is 22.7 Å². The van der Waals surface area contributed by atoms with E-state index in [1.807, 2.05) is 24.3 Å². The maximum atomic E-state index is 12.5. The molecule has 0 aliphatic rings. The first-order valence-corrected chi connectivity index (χ1v) is 8.70. The number of hydrogen-bond donors (Lipinski definition) is 2. The summed E-state index contributed by atoms with van der Waals surface area (Å²) in [6, 6.07) is 17.5. The molecule has 0 bridgehead atoms. The Morgan fingerprint density at radius 2 is 1.86 bits per heavy atom. The summed E-state index contributed by atoms with van der Waals surface area (Å²) in [7, 11) is 1.57. The largest absolute Gasteiger partial charge is 0.507 e. The summed E-state index contributed by atoms with van der Waals surface area (Å²) in [6.45, 7) is 1.75. The van der Waals surface area contributed by atoms with Crippen LogP contribution in [0.3, 0.4) is 0 Å². The number of fused-ring (bicyclic) bond motifs is 1. The van der Waals surface area contributed by atoms with E-state index in [9.17, 15) is 9.90 Å². The predicted octanol–water partition coefficient (Wildman–Crippen LogP) is 4.77. The van der Waals surface area contributed by atoms with Gasteiger partial charge in [-0.25, -0.2) is 4.98 Å². The van der Waals surface area contributed by atoms with Crippen molar-refractivity contribution in [3.8, 4) is 23.0 Å². The number of aryl methyl sites for hydroxylation is 1. The Labute approximate surface area is 161 Å². The lowest BCUT2D eigenvalue weighted by Gasteiger charge is -2.10. The first-order chi connectivity index (χ1) is 13.5. The molecule has 6 nitrogen and oxygen atoms in total. The molecule has 0 radical (unpaired) electrons. The number of carbonyl (C=O) groups excluding carboxylic acids is 1. The minimum atomic E-state index is -0.267. The number of aromatic nitrogens is 1. The van der Waals surface area contributed by atoms with Crippen LogP contribution in [0.2, 0.25) is 0 Å². The number of nitrogens with zero attached hydrogens (tertiary/aromatic N) is 1. The van der Waals surface area contributed by atoms with Crippen LogP contribution in [-0.2, 0) is 0 Å². The number of ether oxygens (including phenoxy) is 1. The molecule has 28 heavy (non-hydrogen) atoms. The Morgan fingerprint density at radius 3 is 2.57 bits per heavy atom. The SMILES string of the molecule is COc1ccc(C(=O)Nc2cc(C)c(O)c(-c3nc4ccccc4o3)c2)cc1. The van der Waals surface area contributed by atoms with Crippen molar-refractivity contribution < 1.29 is 19.1 Å². The summed E-state index contributed by atoms with van der Waals surface area (Å²) in [5.74, 6) is 0.767. The fourth-order valence-electron chi connectivity index (χ4n) is 2.95. The summed E-state index contributed by atoms with van der Waals surface area (Å²) >= 11 is 0. The number of methoxy groups -OCH3 is 1. The summed E-state index contributed by atoms with van der Waals surface area (Å²) in [6.07, 6.45) is 0. The summed E-state index contributed by atoms with van der Waals surface area (Å²) in [5, 5.41) is 13.3. The lowest BCUT2D eigenvalue weighted by atomic mass is 10.1. The number of oxazole rings is 1. The van der Waals surface area contributed by atoms with Crippen LogP contribution < -0.4 is 10.1 Å². The average Bonchev–Trinajstić information content (AvgIpc) is 3.14. The number of phenols is 1. The van der Waals surface area contributed by atoms with Gasteiger partial charge in [-0.2, -0.15) is 0 Å². The van der Waals surface area contributed by atoms with E-state index in [1.165, 1.54) is 0 Å². The molecule has 0 fully saturated rings. The van der Waals surface area contributed by atoms with E-state index >= 15 is 0 Å². The molecular formula is C22H18N2O4. The van der Waals surface area contributed by atoms with Crippen LogP contribution in [0.15, 0.2) is 65.1 Å². The number of carbonyl (C=O) groups is 1. The highest BCUT2D eigenvalue weighted by Gasteiger charge is 2.16. The number of benzene rings is 3. The molecule has 0 unspecified atom stereocenters. The van der Waals surface area contributed by atoms with Gasteiger partial charge in [0.1, 0.15) is 17.0 Å². The van der Waals surface area contributed by atoms with Gasteiger partial charge in [-0.1, -0.05) is 12.1 Å². The van der Waals surface area contributed by atoms with Crippen LogP contribution in [-0.4, -0.2) is 23.1 Å². The highest BCUT2D eigenvalue weighted by Crippen LogP contribution is 2.36. The molecule has 0 saturated carbocycles. The summed E-state index contributed by atoms with van der Waals surface area (Å²) in [5.41, 5.74) is 3.37. The monoisotopic (exact) mass is 374 g/mol. The number of aromatic hydroxyl groups is 1. The standard InChI is InChI=1S/C22H18N2O4/c1-13-11-15(23-21(26)14-7-9-16(27-2)10-8-14)12-17(20(13)25)22-24-18-5-3-4-6-19(18)28-22/h3-12,25H,1-2H3,(H,23,26). The van der Waals surface area contributed by atoms with Crippen LogP contribution in [0.5, 0.6) is 11.5 Å². The molecule has 1 heterocycles. The van der Waals surface area contributed by atoms with Crippen molar-refractivity contribution in [1.29, 1.82) is 0 Å². The van der Waals surface area contributed by atoms with Crippen LogP contribution in [0.4, 0.5) is 5.69 Å². The van der Waals surface area contributed by atoms with E-state index in [0.29, 0.717) is 45.1 Å². The third kappa shape index (κ3) is 3.27. The molecule has 0 spiro atoms. The number of rotatable bonds is 4. The molecule has 1 amide bonds. The number of hydrogen-bond acceptors (Lipinski definition) is 5. The Kier molecular flexibility index (Phi) is 4.45. The fourth-order valence-corrected chi connectivity index (χ4v) is 2.95. The molecule has 0 aliphatic heterocycles. The van der Waals surface area contributed by atoms with Crippen LogP contribution >= 0.6 is 0 Å². The molecule has 0 aliphatic carbocycles. The van der Waals surface area contributed by atoms with Crippen molar-refractivity contribution in [3.05, 3.63) is 71.8 Å². The average molecular weight is 374 g/mol. The van der Waals surface area contributed by atoms with Crippen molar-refractivity contribution in [3.63, 3.8) is 0 Å². The Balaban J connectivity index is 1.67. The van der Waals surface area contributed by atoms with Crippen molar-refractivity contribution in [2.24, 2.45) is 0 Å². The quantitative estimate of drug-likeness (QED) is 0.503. The second-order valence-electron chi connectivity index (χ2n) is 6.36. The van der Waals surface area contributed by atoms with Crippen LogP contribution in [0.25, 0.3) is 22.6 Å². The number of para-hydroxylation sites is 2. The zero-order valence-electron chi connectivity index (χ0n) is 15.4. The van der Waals surface area contributed by atoms with E-state index in [-0.39, 0.29) is 11.7 Å². The maximum Gasteiger partial charge on any atom is 0.255 e. The van der Waals surface area contributed by atoms with Gasteiger partial charge in [0, 0.05) is 11.3 Å². The topological polar surface area (TPSA) is 84.6 Å². The fraction of sp³-hybridized carbons (Fsp3) is 0.0909. The van der Waals surface area contributed by atoms with Gasteiger partial charge >= 0.3 is 0 Å². The molecule has 6 heteroatoms. The smallest absolute Gasteiger partial charge is 0.255 e. The third-order valence-electron chi connectivity index (χ3n) is 4.43. The minimum absolute atomic E-state index is 0.0639. The highest BCUT2D eigenvalue weighted by atomic mass is 16.5. The van der Waals surface area contributed by atoms with Crippen molar-refractivity contribution in [2.75, 3.05) is 12.4 Å². The van der Waals surface area contributed by atoms with Gasteiger partial charge in [0.05, 0.1) is 12.7 Å². The first-order valence-electron chi connectivity index (χ1n) is 8.70. The van der Waals surface area contributed by atoms with E-state index in [4.69, 9.17) is 9.15 Å². The zero-order valence-corrected chi connectivity index (χ0v) is 15.4. The van der Waals surface area contributed by atoms with Gasteiger partial charge in [0.2, 0.25) is 5.89 Å². The Morgan fingerprint density at radius 1 is 1.11 bits per heavy atom. The normalized spacial score (nSPS) is 10.8. The van der Waals surface area contributed by atoms with Gasteiger partial charge < -0.3 is 19.6 Å². The second kappa shape index (κ2) is 7.08. The van der Waals surface area contributed by atoms with Crippen LogP contribution in [0.1, 0.15) is 15.9 Å². The van der Waals surface area contributed by atoms with Gasteiger partial charge in [0.25, 0.3) is 5.91 Å². The number of anilines is 1. The molecule has 3 aromatic carbocycles. The maximum absolute atomic E-state index is 12.5. The molecule has 4 aromatic rings. The van der Waals surface area contributed by atoms with E-state index in [0.717, 1.165) is 0 Å². The van der Waals surface area contributed by atoms with E-state index < -0.39 is 0 Å². The molecule has 0 atom stereocenters. The zero-order chi connectivity index (χ0) is 19.7. The lowest BCUT2D eigenvalue weighted by molar-refractivity contribution is 0.102. The Bertz CT molecular complexity index is 1130.